The Bertz CT molecular complexity index is 536. The number of benzene rings is 1. The molecule has 0 spiro atoms. The normalized spacial score (nSPS) is 14.2. The van der Waals surface area contributed by atoms with E-state index in [1.165, 1.54) is 0 Å². The number of fused-ring (bicyclic) bond motifs is 1. The summed E-state index contributed by atoms with van der Waals surface area (Å²) in [6.07, 6.45) is 1.84. The highest BCUT2D eigenvalue weighted by molar-refractivity contribution is 5.82. The largest absolute Gasteiger partial charge is 0.484 e. The van der Waals surface area contributed by atoms with Crippen LogP contribution in [0.3, 0.4) is 0 Å². The van der Waals surface area contributed by atoms with Crippen molar-refractivity contribution in [3.05, 3.63) is 55.3 Å². The zero-order valence-electron chi connectivity index (χ0n) is 10.6. The quantitative estimate of drug-likeness (QED) is 0.746. The molecule has 0 bridgehead atoms. The summed E-state index contributed by atoms with van der Waals surface area (Å²) in [4.78, 5) is 8.87. The molecular formula is C15H16N3-. The Kier molecular flexibility index (Phi) is 2.67. The number of pyridine rings is 1. The van der Waals surface area contributed by atoms with E-state index in [0.717, 1.165) is 17.2 Å². The van der Waals surface area contributed by atoms with E-state index in [2.05, 4.69) is 65.6 Å². The smallest absolute Gasteiger partial charge is 0.122 e. The standard InChI is InChI=1S/C15H16N3/c1-12(2)17-11-18(13-7-4-3-5-8-13)14-9-6-10-16-15(14)17/h3-12H,1-2H3/q-1. The van der Waals surface area contributed by atoms with E-state index >= 15 is 0 Å². The fourth-order valence-corrected chi connectivity index (χ4v) is 2.19. The lowest BCUT2D eigenvalue weighted by molar-refractivity contribution is 0.749. The molecule has 3 heteroatoms. The zero-order valence-corrected chi connectivity index (χ0v) is 10.6. The third-order valence-electron chi connectivity index (χ3n) is 3.10. The van der Waals surface area contributed by atoms with Gasteiger partial charge in [0.05, 0.1) is 5.69 Å². The van der Waals surface area contributed by atoms with Crippen molar-refractivity contribution in [3.8, 4) is 0 Å². The summed E-state index contributed by atoms with van der Waals surface area (Å²) in [6.45, 7) is 6.46. The molecule has 3 nitrogen and oxygen atoms in total. The van der Waals surface area contributed by atoms with E-state index in [-0.39, 0.29) is 0 Å². The van der Waals surface area contributed by atoms with Crippen LogP contribution in [0.15, 0.2) is 48.7 Å². The first-order valence-corrected chi connectivity index (χ1v) is 6.20. The van der Waals surface area contributed by atoms with Crippen molar-refractivity contribution in [1.82, 2.24) is 4.98 Å². The molecule has 3 rings (SSSR count). The van der Waals surface area contributed by atoms with Crippen molar-refractivity contribution < 1.29 is 0 Å². The van der Waals surface area contributed by atoms with Crippen molar-refractivity contribution in [2.45, 2.75) is 19.9 Å². The maximum atomic E-state index is 4.49. The topological polar surface area (TPSA) is 19.4 Å². The first-order chi connectivity index (χ1) is 8.77. The molecule has 1 aromatic heterocycles. The Labute approximate surface area is 108 Å². The predicted molar refractivity (Wildman–Crippen MR) is 74.7 cm³/mol. The number of anilines is 3. The van der Waals surface area contributed by atoms with Crippen LogP contribution >= 0.6 is 0 Å². The highest BCUT2D eigenvalue weighted by atomic mass is 15.4. The second kappa shape index (κ2) is 4.33. The number of aromatic nitrogens is 1. The van der Waals surface area contributed by atoms with Crippen LogP contribution in [0, 0.1) is 6.67 Å². The highest BCUT2D eigenvalue weighted by Gasteiger charge is 2.20. The average Bonchev–Trinajstić information content (AvgIpc) is 2.79. The molecule has 0 atom stereocenters. The molecule has 0 amide bonds. The third kappa shape index (κ3) is 1.72. The first-order valence-electron chi connectivity index (χ1n) is 6.20. The molecule has 92 valence electrons. The van der Waals surface area contributed by atoms with Gasteiger partial charge in [0.2, 0.25) is 0 Å². The fourth-order valence-electron chi connectivity index (χ4n) is 2.19. The second-order valence-electron chi connectivity index (χ2n) is 4.67. The summed E-state index contributed by atoms with van der Waals surface area (Å²) in [5.74, 6) is 1.02. The first kappa shape index (κ1) is 11.1. The number of rotatable bonds is 2. The lowest BCUT2D eigenvalue weighted by Crippen LogP contribution is -2.29. The molecule has 0 saturated heterocycles. The summed E-state index contributed by atoms with van der Waals surface area (Å²) in [5.41, 5.74) is 2.30. The molecular weight excluding hydrogens is 222 g/mol. The summed E-state index contributed by atoms with van der Waals surface area (Å²) < 4.78 is 0. The predicted octanol–water partition coefficient (Wildman–Crippen LogP) is 3.57. The minimum Gasteiger partial charge on any atom is -0.484 e. The Hall–Kier alpha value is -2.03. The molecule has 2 aromatic rings. The van der Waals surface area contributed by atoms with Gasteiger partial charge < -0.3 is 9.80 Å². The lowest BCUT2D eigenvalue weighted by Gasteiger charge is -2.36. The summed E-state index contributed by atoms with van der Waals surface area (Å²) in [7, 11) is 0. The molecule has 0 radical (unpaired) electrons. The van der Waals surface area contributed by atoms with E-state index in [4.69, 9.17) is 0 Å². The molecule has 1 aliphatic heterocycles. The Morgan fingerprint density at radius 3 is 2.56 bits per heavy atom. The van der Waals surface area contributed by atoms with E-state index in [0.29, 0.717) is 6.04 Å². The second-order valence-corrected chi connectivity index (χ2v) is 4.67. The van der Waals surface area contributed by atoms with E-state index < -0.39 is 0 Å². The molecule has 18 heavy (non-hydrogen) atoms. The van der Waals surface area contributed by atoms with Crippen LogP contribution in [0.4, 0.5) is 17.2 Å². The maximum Gasteiger partial charge on any atom is 0.122 e. The molecule has 0 saturated carbocycles. The van der Waals surface area contributed by atoms with Crippen LogP contribution in [-0.4, -0.2) is 11.0 Å². The van der Waals surface area contributed by atoms with Gasteiger partial charge in [0.15, 0.2) is 0 Å². The van der Waals surface area contributed by atoms with Crippen LogP contribution in [0.5, 0.6) is 0 Å². The lowest BCUT2D eigenvalue weighted by atomic mass is 10.3. The minimum atomic E-state index is 0.396. The van der Waals surface area contributed by atoms with Crippen LogP contribution in [-0.2, 0) is 0 Å². The molecule has 1 aromatic carbocycles. The molecule has 2 heterocycles. The van der Waals surface area contributed by atoms with Gasteiger partial charge in [-0.2, -0.15) is 0 Å². The van der Waals surface area contributed by atoms with E-state index in [1.807, 2.05) is 18.3 Å². The number of nitrogens with zero attached hydrogens (tertiary/aromatic N) is 3. The number of para-hydroxylation sites is 1. The van der Waals surface area contributed by atoms with Crippen LogP contribution in [0.1, 0.15) is 13.8 Å². The van der Waals surface area contributed by atoms with Crippen molar-refractivity contribution >= 4 is 17.2 Å². The Morgan fingerprint density at radius 2 is 1.83 bits per heavy atom. The summed E-state index contributed by atoms with van der Waals surface area (Å²) in [6, 6.07) is 14.8. The minimum absolute atomic E-state index is 0.396. The third-order valence-corrected chi connectivity index (χ3v) is 3.10. The van der Waals surface area contributed by atoms with E-state index in [9.17, 15) is 0 Å². The SMILES string of the molecule is CC(C)N1[CH-]N(c2ccccc2)c2cccnc21. The van der Waals surface area contributed by atoms with Crippen molar-refractivity contribution in [2.24, 2.45) is 0 Å². The molecule has 0 unspecified atom stereocenters. The van der Waals surface area contributed by atoms with Gasteiger partial charge in [0.1, 0.15) is 5.82 Å². The van der Waals surface area contributed by atoms with Gasteiger partial charge in [-0.3, -0.25) is 0 Å². The van der Waals surface area contributed by atoms with Gasteiger partial charge in [0.25, 0.3) is 0 Å². The fraction of sp³-hybridized carbons (Fsp3) is 0.200. The monoisotopic (exact) mass is 238 g/mol. The van der Waals surface area contributed by atoms with Crippen LogP contribution in [0.2, 0.25) is 0 Å². The van der Waals surface area contributed by atoms with Gasteiger partial charge >= 0.3 is 0 Å². The summed E-state index contributed by atoms with van der Waals surface area (Å²) >= 11 is 0. The van der Waals surface area contributed by atoms with Gasteiger partial charge in [-0.1, -0.05) is 18.2 Å². The van der Waals surface area contributed by atoms with E-state index in [1.54, 1.807) is 0 Å². The van der Waals surface area contributed by atoms with Gasteiger partial charge in [-0.25, -0.2) is 4.98 Å². The maximum absolute atomic E-state index is 4.49. The molecule has 0 N–H and O–H groups in total. The van der Waals surface area contributed by atoms with Crippen molar-refractivity contribution in [1.29, 1.82) is 0 Å². The number of hydrogen-bond donors (Lipinski definition) is 0. The van der Waals surface area contributed by atoms with Gasteiger partial charge in [0, 0.05) is 11.9 Å². The van der Waals surface area contributed by atoms with Gasteiger partial charge in [-0.05, 0) is 44.2 Å². The summed E-state index contributed by atoms with van der Waals surface area (Å²) in [5, 5.41) is 0. The van der Waals surface area contributed by atoms with Crippen molar-refractivity contribution in [2.75, 3.05) is 9.80 Å². The number of hydrogen-bond acceptors (Lipinski definition) is 3. The molecule has 0 aliphatic carbocycles. The average molecular weight is 238 g/mol. The van der Waals surface area contributed by atoms with Crippen LogP contribution < -0.4 is 9.80 Å². The Balaban J connectivity index is 2.05. The molecule has 1 aliphatic rings. The zero-order chi connectivity index (χ0) is 12.5. The van der Waals surface area contributed by atoms with Gasteiger partial charge in [-0.15, -0.1) is 6.67 Å². The van der Waals surface area contributed by atoms with Crippen molar-refractivity contribution in [3.63, 3.8) is 0 Å². The highest BCUT2D eigenvalue weighted by Crippen LogP contribution is 2.41. The molecule has 0 fully saturated rings. The van der Waals surface area contributed by atoms with Crippen LogP contribution in [0.25, 0.3) is 0 Å². The Morgan fingerprint density at radius 1 is 1.06 bits per heavy atom.